The monoisotopic (exact) mass is 211 g/mol. The largest absolute Gasteiger partial charge is 0.368 e. The molecule has 1 aromatic heterocycles. The quantitative estimate of drug-likeness (QED) is 0.792. The highest BCUT2D eigenvalue weighted by molar-refractivity contribution is 5.09. The summed E-state index contributed by atoms with van der Waals surface area (Å²) in [6.45, 7) is 4.32. The molecule has 1 aromatic rings. The van der Waals surface area contributed by atoms with Gasteiger partial charge >= 0.3 is 0 Å². The molecule has 2 rings (SSSR count). The van der Waals surface area contributed by atoms with Crippen LogP contribution in [0.2, 0.25) is 0 Å². The van der Waals surface area contributed by atoms with Crippen molar-refractivity contribution in [2.75, 3.05) is 20.2 Å². The number of morpholine rings is 1. The van der Waals surface area contributed by atoms with Gasteiger partial charge in [0.15, 0.2) is 0 Å². The molecule has 5 nitrogen and oxygen atoms in total. The maximum Gasteiger partial charge on any atom is 0.138 e. The van der Waals surface area contributed by atoms with Crippen LogP contribution in [0.4, 0.5) is 0 Å². The Hall–Kier alpha value is -0.910. The lowest BCUT2D eigenvalue weighted by atomic mass is 10.1. The molecule has 1 aliphatic rings. The summed E-state index contributed by atoms with van der Waals surface area (Å²) >= 11 is 0. The highest BCUT2D eigenvalue weighted by Gasteiger charge is 2.21. The van der Waals surface area contributed by atoms with Crippen LogP contribution in [0.3, 0.4) is 0 Å². The van der Waals surface area contributed by atoms with Crippen molar-refractivity contribution in [2.45, 2.75) is 25.9 Å². The summed E-state index contributed by atoms with van der Waals surface area (Å²) in [4.78, 5) is 0. The van der Waals surface area contributed by atoms with Crippen LogP contribution in [-0.2, 0) is 16.2 Å². The Bertz CT molecular complexity index is 313. The van der Waals surface area contributed by atoms with Crippen LogP contribution in [-0.4, -0.2) is 36.1 Å². The molecule has 15 heavy (non-hydrogen) atoms. The van der Waals surface area contributed by atoms with Gasteiger partial charge in [-0.05, 0) is 6.92 Å². The molecule has 1 saturated heterocycles. The van der Waals surface area contributed by atoms with Gasteiger partial charge in [-0.15, -0.1) is 0 Å². The smallest absolute Gasteiger partial charge is 0.138 e. The van der Waals surface area contributed by atoms with Crippen molar-refractivity contribution >= 4 is 0 Å². The zero-order valence-electron chi connectivity index (χ0n) is 9.14. The molecular formula is C10H17N3O2. The minimum atomic E-state index is 0.111. The molecule has 5 heteroatoms. The van der Waals surface area contributed by atoms with Gasteiger partial charge in [-0.3, -0.25) is 0 Å². The van der Waals surface area contributed by atoms with Crippen molar-refractivity contribution in [3.8, 4) is 0 Å². The lowest BCUT2D eigenvalue weighted by molar-refractivity contribution is -0.0288. The first-order valence-corrected chi connectivity index (χ1v) is 5.17. The maximum atomic E-state index is 5.81. The molecule has 0 saturated carbocycles. The molecule has 0 spiro atoms. The summed E-state index contributed by atoms with van der Waals surface area (Å²) in [6, 6.07) is 0. The van der Waals surface area contributed by atoms with Gasteiger partial charge in [0.1, 0.15) is 6.73 Å². The van der Waals surface area contributed by atoms with Crippen LogP contribution in [0, 0.1) is 0 Å². The zero-order chi connectivity index (χ0) is 10.7. The van der Waals surface area contributed by atoms with E-state index in [0.29, 0.717) is 6.73 Å². The molecule has 0 bridgehead atoms. The van der Waals surface area contributed by atoms with Crippen molar-refractivity contribution < 1.29 is 9.47 Å². The van der Waals surface area contributed by atoms with Gasteiger partial charge in [0, 0.05) is 32.0 Å². The van der Waals surface area contributed by atoms with E-state index in [4.69, 9.17) is 9.47 Å². The fourth-order valence-corrected chi connectivity index (χ4v) is 1.74. The van der Waals surface area contributed by atoms with E-state index in [1.165, 1.54) is 0 Å². The van der Waals surface area contributed by atoms with E-state index < -0.39 is 0 Å². The van der Waals surface area contributed by atoms with Gasteiger partial charge in [-0.1, -0.05) is 0 Å². The third-order valence-corrected chi connectivity index (χ3v) is 2.44. The van der Waals surface area contributed by atoms with Crippen LogP contribution in [0.15, 0.2) is 12.4 Å². The number of hydrogen-bond acceptors (Lipinski definition) is 4. The van der Waals surface area contributed by atoms with Crippen LogP contribution >= 0.6 is 0 Å². The lowest BCUT2D eigenvalue weighted by Gasteiger charge is -2.27. The van der Waals surface area contributed by atoms with Gasteiger partial charge in [0.25, 0.3) is 0 Å². The first-order chi connectivity index (χ1) is 7.29. The van der Waals surface area contributed by atoms with Crippen LogP contribution in [0.5, 0.6) is 0 Å². The minimum absolute atomic E-state index is 0.111. The zero-order valence-corrected chi connectivity index (χ0v) is 9.14. The van der Waals surface area contributed by atoms with Crippen molar-refractivity contribution in [1.29, 1.82) is 0 Å². The second-order valence-electron chi connectivity index (χ2n) is 3.82. The molecule has 0 amide bonds. The number of nitrogens with zero attached hydrogens (tertiary/aromatic N) is 2. The molecule has 1 aliphatic heterocycles. The molecule has 0 aliphatic carbocycles. The Morgan fingerprint density at radius 2 is 2.53 bits per heavy atom. The molecule has 84 valence electrons. The normalized spacial score (nSPS) is 26.8. The number of methoxy groups -OCH3 is 1. The van der Waals surface area contributed by atoms with Crippen LogP contribution < -0.4 is 5.32 Å². The predicted octanol–water partition coefficient (Wildman–Crippen LogP) is 0.536. The van der Waals surface area contributed by atoms with E-state index in [-0.39, 0.29) is 12.2 Å². The van der Waals surface area contributed by atoms with Crippen molar-refractivity contribution in [2.24, 2.45) is 0 Å². The van der Waals surface area contributed by atoms with Crippen molar-refractivity contribution in [3.05, 3.63) is 18.0 Å². The van der Waals surface area contributed by atoms with Gasteiger partial charge in [-0.25, -0.2) is 4.68 Å². The summed E-state index contributed by atoms with van der Waals surface area (Å²) in [5, 5.41) is 7.52. The lowest BCUT2D eigenvalue weighted by Crippen LogP contribution is -2.38. The summed E-state index contributed by atoms with van der Waals surface area (Å²) < 4.78 is 12.6. The van der Waals surface area contributed by atoms with Gasteiger partial charge in [-0.2, -0.15) is 5.10 Å². The maximum absolute atomic E-state index is 5.81. The summed E-state index contributed by atoms with van der Waals surface area (Å²) in [5.74, 6) is 0. The van der Waals surface area contributed by atoms with Gasteiger partial charge < -0.3 is 14.8 Å². The molecule has 2 atom stereocenters. The number of hydrogen-bond donors (Lipinski definition) is 1. The molecular weight excluding hydrogens is 194 g/mol. The summed E-state index contributed by atoms with van der Waals surface area (Å²) in [6.07, 6.45) is 4.17. The van der Waals surface area contributed by atoms with Crippen LogP contribution in [0.25, 0.3) is 0 Å². The molecule has 0 unspecified atom stereocenters. The Balaban J connectivity index is 2.01. The molecule has 1 N–H and O–H groups in total. The van der Waals surface area contributed by atoms with E-state index in [1.54, 1.807) is 11.8 Å². The number of aromatic nitrogens is 2. The van der Waals surface area contributed by atoms with Crippen LogP contribution in [0.1, 0.15) is 18.6 Å². The van der Waals surface area contributed by atoms with E-state index in [2.05, 4.69) is 17.3 Å². The van der Waals surface area contributed by atoms with Crippen molar-refractivity contribution in [1.82, 2.24) is 15.1 Å². The average molecular weight is 211 g/mol. The van der Waals surface area contributed by atoms with Gasteiger partial charge in [0.05, 0.1) is 18.4 Å². The fourth-order valence-electron chi connectivity index (χ4n) is 1.74. The van der Waals surface area contributed by atoms with E-state index in [9.17, 15) is 0 Å². The Morgan fingerprint density at radius 1 is 1.67 bits per heavy atom. The molecule has 0 aromatic carbocycles. The first kappa shape index (κ1) is 10.6. The van der Waals surface area contributed by atoms with E-state index in [0.717, 1.165) is 18.7 Å². The fraction of sp³-hybridized carbons (Fsp3) is 0.700. The average Bonchev–Trinajstić information content (AvgIpc) is 2.67. The first-order valence-electron chi connectivity index (χ1n) is 5.17. The molecule has 1 fully saturated rings. The summed E-state index contributed by atoms with van der Waals surface area (Å²) in [5.41, 5.74) is 1.10. The minimum Gasteiger partial charge on any atom is -0.368 e. The molecule has 2 heterocycles. The third-order valence-electron chi connectivity index (χ3n) is 2.44. The Morgan fingerprint density at radius 3 is 3.27 bits per heavy atom. The number of nitrogens with one attached hydrogen (secondary N) is 1. The Labute approximate surface area is 89.4 Å². The third kappa shape index (κ3) is 2.56. The highest BCUT2D eigenvalue weighted by Crippen LogP contribution is 2.20. The Kier molecular flexibility index (Phi) is 3.35. The number of rotatable bonds is 3. The van der Waals surface area contributed by atoms with Gasteiger partial charge in [0.2, 0.25) is 0 Å². The SMILES string of the molecule is COCn1cc([C@H]2CNC[C@@H](C)O2)cn1. The highest BCUT2D eigenvalue weighted by atomic mass is 16.5. The summed E-state index contributed by atoms with van der Waals surface area (Å²) in [7, 11) is 1.65. The second kappa shape index (κ2) is 4.74. The standard InChI is InChI=1S/C10H17N3O2/c1-8-3-11-5-10(15-8)9-4-12-13(6-9)7-14-2/h4,6,8,10-11H,3,5,7H2,1-2H3/t8-,10-/m1/s1. The number of ether oxygens (including phenoxy) is 2. The second-order valence-corrected chi connectivity index (χ2v) is 3.82. The van der Waals surface area contributed by atoms with E-state index in [1.807, 2.05) is 12.4 Å². The predicted molar refractivity (Wildman–Crippen MR) is 55.4 cm³/mol. The molecule has 0 radical (unpaired) electrons. The van der Waals surface area contributed by atoms with E-state index >= 15 is 0 Å². The topological polar surface area (TPSA) is 48.3 Å². The van der Waals surface area contributed by atoms with Crippen molar-refractivity contribution in [3.63, 3.8) is 0 Å².